The molecule has 0 aliphatic rings. The van der Waals surface area contributed by atoms with Crippen LogP contribution in [0.5, 0.6) is 0 Å². The van der Waals surface area contributed by atoms with Crippen molar-refractivity contribution in [2.75, 3.05) is 7.05 Å². The van der Waals surface area contributed by atoms with E-state index in [-0.39, 0.29) is 5.56 Å². The highest BCUT2D eigenvalue weighted by Crippen LogP contribution is 2.40. The van der Waals surface area contributed by atoms with Gasteiger partial charge in [0.05, 0.1) is 0 Å². The summed E-state index contributed by atoms with van der Waals surface area (Å²) in [7, 11) is 1.21. The van der Waals surface area contributed by atoms with Crippen molar-refractivity contribution in [3.05, 3.63) is 28.5 Å². The molecule has 1 rings (SSSR count). The molecule has 0 aromatic carbocycles. The molecule has 114 valence electrons. The van der Waals surface area contributed by atoms with Crippen LogP contribution in [0.3, 0.4) is 0 Å². The van der Waals surface area contributed by atoms with E-state index in [2.05, 4.69) is 20.9 Å². The first-order valence-corrected chi connectivity index (χ1v) is 7.67. The molecule has 1 aromatic rings. The summed E-state index contributed by atoms with van der Waals surface area (Å²) in [6.45, 7) is 4.90. The zero-order valence-corrected chi connectivity index (χ0v) is 13.9. The number of aromatic nitrogens is 1. The third-order valence-electron chi connectivity index (χ3n) is 2.53. The smallest absolute Gasteiger partial charge is 0.412 e. The molecule has 20 heavy (non-hydrogen) atoms. The summed E-state index contributed by atoms with van der Waals surface area (Å²) < 4.78 is 52.6. The van der Waals surface area contributed by atoms with Crippen LogP contribution in [-0.2, 0) is 11.4 Å². The molecule has 0 saturated heterocycles. The van der Waals surface area contributed by atoms with Gasteiger partial charge in [-0.2, -0.15) is 13.2 Å². The van der Waals surface area contributed by atoms with Crippen molar-refractivity contribution in [2.24, 2.45) is 0 Å². The first-order chi connectivity index (χ1) is 8.94. The first kappa shape index (κ1) is 17.7. The van der Waals surface area contributed by atoms with E-state index in [9.17, 15) is 17.7 Å². The van der Waals surface area contributed by atoms with Gasteiger partial charge in [0.15, 0.2) is 6.04 Å². The second-order valence-electron chi connectivity index (χ2n) is 5.27. The van der Waals surface area contributed by atoms with Crippen LogP contribution in [0, 0.1) is 0 Å². The van der Waals surface area contributed by atoms with Crippen molar-refractivity contribution in [3.63, 3.8) is 0 Å². The highest BCUT2D eigenvalue weighted by molar-refractivity contribution is 9.10. The lowest BCUT2D eigenvalue weighted by Crippen LogP contribution is -2.46. The van der Waals surface area contributed by atoms with E-state index in [0.29, 0.717) is 4.60 Å². The Labute approximate surface area is 128 Å². The molecule has 0 amide bonds. The summed E-state index contributed by atoms with van der Waals surface area (Å²) in [4.78, 5) is 3.81. The van der Waals surface area contributed by atoms with Gasteiger partial charge >= 0.3 is 6.18 Å². The molecular weight excluding hydrogens is 357 g/mol. The molecule has 2 atom stereocenters. The molecule has 0 bridgehead atoms. The van der Waals surface area contributed by atoms with Crippen LogP contribution in [0.4, 0.5) is 13.2 Å². The van der Waals surface area contributed by atoms with Crippen molar-refractivity contribution < 1.29 is 17.7 Å². The van der Waals surface area contributed by atoms with Gasteiger partial charge in [-0.1, -0.05) is 6.07 Å². The molecule has 1 heterocycles. The van der Waals surface area contributed by atoms with E-state index < -0.39 is 28.3 Å². The molecule has 8 heteroatoms. The maximum absolute atomic E-state index is 13.3. The Morgan fingerprint density at radius 1 is 1.30 bits per heavy atom. The fraction of sp³-hybridized carbons (Fsp3) is 0.583. The number of hydrogen-bond acceptors (Lipinski definition) is 3. The highest BCUT2D eigenvalue weighted by atomic mass is 79.9. The summed E-state index contributed by atoms with van der Waals surface area (Å²) >= 11 is 1.29. The number of hydrogen-bond donors (Lipinski definition) is 0. The van der Waals surface area contributed by atoms with Crippen LogP contribution < -0.4 is 0 Å². The van der Waals surface area contributed by atoms with Gasteiger partial charge in [-0.3, -0.25) is 0 Å². The van der Waals surface area contributed by atoms with Crippen LogP contribution in [0.2, 0.25) is 0 Å². The van der Waals surface area contributed by atoms with E-state index in [1.165, 1.54) is 19.2 Å². The predicted octanol–water partition coefficient (Wildman–Crippen LogP) is 3.84. The average Bonchev–Trinajstić information content (AvgIpc) is 2.28. The van der Waals surface area contributed by atoms with Crippen molar-refractivity contribution in [2.45, 2.75) is 37.7 Å². The molecule has 3 nitrogen and oxygen atoms in total. The Balaban J connectivity index is 3.17. The van der Waals surface area contributed by atoms with E-state index >= 15 is 0 Å². The minimum Gasteiger partial charge on any atom is -0.597 e. The van der Waals surface area contributed by atoms with Crippen LogP contribution >= 0.6 is 15.9 Å². The minimum absolute atomic E-state index is 0.0409. The molecule has 1 aromatic heterocycles. The van der Waals surface area contributed by atoms with Crippen LogP contribution in [0.25, 0.3) is 0 Å². The molecule has 0 aliphatic heterocycles. The third-order valence-corrected chi connectivity index (χ3v) is 4.78. The Hall–Kier alpha value is -0.310. The Morgan fingerprint density at radius 3 is 2.20 bits per heavy atom. The fourth-order valence-corrected chi connectivity index (χ4v) is 3.21. The fourth-order valence-electron chi connectivity index (χ4n) is 1.68. The van der Waals surface area contributed by atoms with E-state index in [4.69, 9.17) is 0 Å². The molecule has 0 unspecified atom stereocenters. The summed E-state index contributed by atoms with van der Waals surface area (Å²) in [5.41, 5.74) is -0.0409. The molecule has 0 fully saturated rings. The number of alkyl halides is 3. The Kier molecular flexibility index (Phi) is 5.51. The largest absolute Gasteiger partial charge is 0.597 e. The van der Waals surface area contributed by atoms with Gasteiger partial charge in [-0.25, -0.2) is 4.98 Å². The molecule has 0 N–H and O–H groups in total. The first-order valence-electron chi connectivity index (χ1n) is 5.77. The molecule has 0 aliphatic carbocycles. The van der Waals surface area contributed by atoms with Gasteiger partial charge in [-0.05, 0) is 42.8 Å². The Morgan fingerprint density at radius 2 is 1.85 bits per heavy atom. The van der Waals surface area contributed by atoms with Crippen molar-refractivity contribution in [1.82, 2.24) is 9.29 Å². The number of halogens is 4. The summed E-state index contributed by atoms with van der Waals surface area (Å²) in [5, 5.41) is 0. The molecule has 0 radical (unpaired) electrons. The average molecular weight is 373 g/mol. The van der Waals surface area contributed by atoms with Gasteiger partial charge in [0.25, 0.3) is 0 Å². The zero-order valence-electron chi connectivity index (χ0n) is 11.5. The zero-order chi connectivity index (χ0) is 15.7. The second-order valence-corrected chi connectivity index (χ2v) is 8.38. The predicted molar refractivity (Wildman–Crippen MR) is 76.4 cm³/mol. The lowest BCUT2D eigenvalue weighted by atomic mass is 10.1. The number of rotatable bonds is 3. The van der Waals surface area contributed by atoms with Crippen molar-refractivity contribution in [1.29, 1.82) is 0 Å². The quantitative estimate of drug-likeness (QED) is 0.597. The van der Waals surface area contributed by atoms with Gasteiger partial charge in [-0.15, -0.1) is 4.31 Å². The maximum atomic E-state index is 13.3. The summed E-state index contributed by atoms with van der Waals surface area (Å²) in [6, 6.07) is 0.802. The highest BCUT2D eigenvalue weighted by Gasteiger charge is 2.50. The molecular formula is C12H16BrF3N2OS. The van der Waals surface area contributed by atoms with Crippen LogP contribution in [-0.4, -0.2) is 31.8 Å². The summed E-state index contributed by atoms with van der Waals surface area (Å²) in [6.07, 6.45) is -3.40. The monoisotopic (exact) mass is 372 g/mol. The third kappa shape index (κ3) is 4.34. The maximum Gasteiger partial charge on any atom is 0.412 e. The topological polar surface area (TPSA) is 39.2 Å². The lowest BCUT2D eigenvalue weighted by Gasteiger charge is -2.35. The standard InChI is InChI=1S/C12H16BrF3N2OS/c1-11(2,3)20(19)18(4)10(12(14,15)16)8-5-6-9(13)17-7-8/h5-7,10H,1-4H3/t10-,20+/m0/s1. The second kappa shape index (κ2) is 6.21. The van der Waals surface area contributed by atoms with Gasteiger partial charge in [0.1, 0.15) is 9.35 Å². The van der Waals surface area contributed by atoms with Gasteiger partial charge in [0, 0.05) is 30.2 Å². The molecule has 0 saturated carbocycles. The van der Waals surface area contributed by atoms with Gasteiger partial charge < -0.3 is 4.55 Å². The van der Waals surface area contributed by atoms with E-state index in [1.54, 1.807) is 20.8 Å². The minimum atomic E-state index is -4.54. The number of pyridine rings is 1. The summed E-state index contributed by atoms with van der Waals surface area (Å²) in [5.74, 6) is 0. The van der Waals surface area contributed by atoms with Gasteiger partial charge in [0.2, 0.25) is 0 Å². The normalized spacial score (nSPS) is 16.3. The van der Waals surface area contributed by atoms with E-state index in [1.807, 2.05) is 0 Å². The van der Waals surface area contributed by atoms with Crippen LogP contribution in [0.1, 0.15) is 32.4 Å². The van der Waals surface area contributed by atoms with Crippen molar-refractivity contribution in [3.8, 4) is 0 Å². The Bertz CT molecular complexity index is 448. The lowest BCUT2D eigenvalue weighted by molar-refractivity contribution is -0.171. The molecule has 0 spiro atoms. The number of nitrogens with zero attached hydrogens (tertiary/aromatic N) is 2. The van der Waals surface area contributed by atoms with Crippen LogP contribution in [0.15, 0.2) is 22.9 Å². The SMILES string of the molecule is CN([C@@H](c1ccc(Br)nc1)C(F)(F)F)[S@+]([O-])C(C)(C)C. The van der Waals surface area contributed by atoms with E-state index in [0.717, 1.165) is 10.5 Å². The van der Waals surface area contributed by atoms with Crippen molar-refractivity contribution >= 4 is 27.3 Å².